The van der Waals surface area contributed by atoms with Gasteiger partial charge >= 0.3 is 5.97 Å². The zero-order valence-electron chi connectivity index (χ0n) is 3.40. The van der Waals surface area contributed by atoms with Crippen molar-refractivity contribution in [1.82, 2.24) is 0 Å². The Bertz CT molecular complexity index is 97.9. The molecular weight excluding hydrogens is 194 g/mol. The Hall–Kier alpha value is 0.690. The van der Waals surface area contributed by atoms with Gasteiger partial charge < -0.3 is 4.18 Å². The van der Waals surface area contributed by atoms with Crippen molar-refractivity contribution >= 4 is 53.7 Å². The summed E-state index contributed by atoms with van der Waals surface area (Å²) in [6, 6.07) is 0. The van der Waals surface area contributed by atoms with Crippen LogP contribution in [0.3, 0.4) is 0 Å². The lowest BCUT2D eigenvalue weighted by Crippen LogP contribution is -2.18. The summed E-state index contributed by atoms with van der Waals surface area (Å²) in [5, 5.41) is 0. The first-order valence-electron chi connectivity index (χ1n) is 1.41. The van der Waals surface area contributed by atoms with Crippen LogP contribution in [-0.2, 0) is 8.98 Å². The number of alkyl halides is 3. The number of rotatable bonds is 0. The maximum Gasteiger partial charge on any atom is 0.370 e. The smallest absolute Gasteiger partial charge is 0.370 e. The first kappa shape index (κ1) is 8.69. The molecule has 0 saturated heterocycles. The number of hydrogen-bond donors (Lipinski definition) is 1. The highest BCUT2D eigenvalue weighted by Gasteiger charge is 2.32. The van der Waals surface area contributed by atoms with Gasteiger partial charge in [0.2, 0.25) is 0 Å². The molecule has 0 spiro atoms. The Labute approximate surface area is 66.7 Å². The molecule has 0 bridgehead atoms. The van der Waals surface area contributed by atoms with E-state index in [9.17, 15) is 4.79 Å². The monoisotopic (exact) mass is 194 g/mol. The highest BCUT2D eigenvalue weighted by Crippen LogP contribution is 2.27. The molecule has 0 heterocycles. The molecule has 0 unspecified atom stereocenters. The lowest BCUT2D eigenvalue weighted by Gasteiger charge is -2.03. The van der Waals surface area contributed by atoms with Gasteiger partial charge in [0.15, 0.2) is 0 Å². The van der Waals surface area contributed by atoms with Crippen molar-refractivity contribution in [1.29, 1.82) is 0 Å². The van der Waals surface area contributed by atoms with Crippen LogP contribution >= 0.6 is 47.7 Å². The molecule has 0 atom stereocenters. The van der Waals surface area contributed by atoms with E-state index in [0.717, 1.165) is 0 Å². The van der Waals surface area contributed by atoms with Gasteiger partial charge in [-0.15, -0.1) is 0 Å². The third-order valence-electron chi connectivity index (χ3n) is 0.314. The van der Waals surface area contributed by atoms with Gasteiger partial charge in [-0.1, -0.05) is 34.8 Å². The average molecular weight is 195 g/mol. The molecule has 0 amide bonds. The van der Waals surface area contributed by atoms with Crippen LogP contribution in [0.4, 0.5) is 0 Å². The summed E-state index contributed by atoms with van der Waals surface area (Å²) in [5.74, 6) is -1.01. The first-order chi connectivity index (χ1) is 3.48. The molecule has 0 aromatic heterocycles. The molecule has 0 aliphatic rings. The number of hydrogen-bond acceptors (Lipinski definition) is 3. The number of halogens is 3. The second-order valence-electron chi connectivity index (χ2n) is 0.877. The van der Waals surface area contributed by atoms with E-state index >= 15 is 0 Å². The highest BCUT2D eigenvalue weighted by atomic mass is 35.6. The minimum atomic E-state index is -2.01. The van der Waals surface area contributed by atoms with Crippen molar-refractivity contribution in [2.24, 2.45) is 0 Å². The predicted octanol–water partition coefficient (Wildman–Crippen LogP) is 1.74. The fourth-order valence-electron chi connectivity index (χ4n) is 0.0518. The van der Waals surface area contributed by atoms with Gasteiger partial charge in [-0.2, -0.15) is 0 Å². The summed E-state index contributed by atoms with van der Waals surface area (Å²) in [6.07, 6.45) is 0. The predicted molar refractivity (Wildman–Crippen MR) is 35.4 cm³/mol. The van der Waals surface area contributed by atoms with E-state index in [1.54, 1.807) is 0 Å². The summed E-state index contributed by atoms with van der Waals surface area (Å²) in [5.41, 5.74) is 0. The van der Waals surface area contributed by atoms with Crippen LogP contribution in [-0.4, -0.2) is 9.76 Å². The second-order valence-corrected chi connectivity index (χ2v) is 3.34. The molecule has 0 N–H and O–H groups in total. The largest absolute Gasteiger partial charge is 0.391 e. The molecule has 6 heteroatoms. The minimum absolute atomic E-state index is 1.01. The summed E-state index contributed by atoms with van der Waals surface area (Å²) in [4.78, 5) is 10.1. The van der Waals surface area contributed by atoms with Gasteiger partial charge in [0.25, 0.3) is 3.79 Å². The van der Waals surface area contributed by atoms with E-state index in [0.29, 0.717) is 0 Å². The molecule has 0 aliphatic heterocycles. The lowest BCUT2D eigenvalue weighted by atomic mass is 10.8. The average Bonchev–Trinajstić information content (AvgIpc) is 1.62. The van der Waals surface area contributed by atoms with Gasteiger partial charge in [0.1, 0.15) is 0 Å². The van der Waals surface area contributed by atoms with Crippen LogP contribution in [0.15, 0.2) is 0 Å². The second kappa shape index (κ2) is 3.01. The number of thiol groups is 1. The highest BCUT2D eigenvalue weighted by molar-refractivity contribution is 7.75. The van der Waals surface area contributed by atoms with E-state index in [2.05, 4.69) is 17.1 Å². The van der Waals surface area contributed by atoms with E-state index in [1.807, 2.05) is 0 Å². The van der Waals surface area contributed by atoms with Crippen molar-refractivity contribution in [3.8, 4) is 0 Å². The van der Waals surface area contributed by atoms with Crippen molar-refractivity contribution in [2.45, 2.75) is 3.79 Å². The Morgan fingerprint density at radius 2 is 1.88 bits per heavy atom. The van der Waals surface area contributed by atoms with Gasteiger partial charge in [0.05, 0.1) is 0 Å². The molecule has 0 rings (SSSR count). The third kappa shape index (κ3) is 2.87. The molecule has 0 fully saturated rings. The Kier molecular flexibility index (Phi) is 3.27. The van der Waals surface area contributed by atoms with E-state index < -0.39 is 9.76 Å². The van der Waals surface area contributed by atoms with Gasteiger partial charge in [0, 0.05) is 12.9 Å². The maximum atomic E-state index is 10.1. The standard InChI is InChI=1S/C2HCl3O2S/c3-2(4,5)1(6)7-8/h8H. The van der Waals surface area contributed by atoms with Crippen LogP contribution in [0.2, 0.25) is 0 Å². The summed E-state index contributed by atoms with van der Waals surface area (Å²) in [7, 11) is 0. The quantitative estimate of drug-likeness (QED) is 0.362. The number of carbonyl (C=O) groups excluding carboxylic acids is 1. The Balaban J connectivity index is 3.82. The van der Waals surface area contributed by atoms with Gasteiger partial charge in [-0.05, 0) is 0 Å². The molecule has 0 saturated carbocycles. The number of carbonyl (C=O) groups is 1. The van der Waals surface area contributed by atoms with Crippen molar-refractivity contribution < 1.29 is 8.98 Å². The van der Waals surface area contributed by atoms with E-state index in [-0.39, 0.29) is 0 Å². The molecule has 8 heavy (non-hydrogen) atoms. The zero-order chi connectivity index (χ0) is 6.78. The molecule has 0 aromatic carbocycles. The fraction of sp³-hybridized carbons (Fsp3) is 0.500. The summed E-state index contributed by atoms with van der Waals surface area (Å²) < 4.78 is 1.76. The molecule has 0 aliphatic carbocycles. The molecule has 2 nitrogen and oxygen atoms in total. The normalized spacial score (nSPS) is 11.0. The first-order valence-corrected chi connectivity index (χ1v) is 2.91. The van der Waals surface area contributed by atoms with Crippen molar-refractivity contribution in [3.05, 3.63) is 0 Å². The van der Waals surface area contributed by atoms with Crippen LogP contribution < -0.4 is 0 Å². The summed E-state index contributed by atoms with van der Waals surface area (Å²) in [6.45, 7) is 0. The Morgan fingerprint density at radius 1 is 1.50 bits per heavy atom. The van der Waals surface area contributed by atoms with Crippen LogP contribution in [0.5, 0.6) is 0 Å². The molecule has 0 aromatic rings. The lowest BCUT2D eigenvalue weighted by molar-refractivity contribution is -0.131. The maximum absolute atomic E-state index is 10.1. The summed E-state index contributed by atoms with van der Waals surface area (Å²) >= 11 is 18.1. The SMILES string of the molecule is O=C(OS)C(Cl)(Cl)Cl. The van der Waals surface area contributed by atoms with Crippen LogP contribution in [0.1, 0.15) is 0 Å². The fourth-order valence-corrected chi connectivity index (χ4v) is 0.466. The van der Waals surface area contributed by atoms with Crippen molar-refractivity contribution in [2.75, 3.05) is 0 Å². The van der Waals surface area contributed by atoms with Gasteiger partial charge in [-0.3, -0.25) is 0 Å². The zero-order valence-corrected chi connectivity index (χ0v) is 6.56. The molecular formula is C2HCl3O2S. The van der Waals surface area contributed by atoms with Crippen molar-refractivity contribution in [3.63, 3.8) is 0 Å². The third-order valence-corrected chi connectivity index (χ3v) is 0.943. The minimum Gasteiger partial charge on any atom is -0.391 e. The van der Waals surface area contributed by atoms with E-state index in [4.69, 9.17) is 34.8 Å². The van der Waals surface area contributed by atoms with Crippen LogP contribution in [0, 0.1) is 0 Å². The molecule has 48 valence electrons. The van der Waals surface area contributed by atoms with E-state index in [1.165, 1.54) is 0 Å². The van der Waals surface area contributed by atoms with Gasteiger partial charge in [-0.25, -0.2) is 4.79 Å². The molecule has 0 radical (unpaired) electrons. The Morgan fingerprint density at radius 3 is 1.88 bits per heavy atom. The van der Waals surface area contributed by atoms with Crippen LogP contribution in [0.25, 0.3) is 0 Å². The topological polar surface area (TPSA) is 26.3 Å².